The number of aromatic nitrogens is 1. The molecule has 2 aliphatic rings. The van der Waals surface area contributed by atoms with Crippen molar-refractivity contribution < 1.29 is 4.74 Å². The maximum atomic E-state index is 5.86. The number of ether oxygens (including phenoxy) is 1. The molecular formula is C12H19N3OS. The summed E-state index contributed by atoms with van der Waals surface area (Å²) in [7, 11) is 2.18. The lowest BCUT2D eigenvalue weighted by Gasteiger charge is -2.39. The zero-order valence-electron chi connectivity index (χ0n) is 10.2. The molecule has 2 fully saturated rings. The summed E-state index contributed by atoms with van der Waals surface area (Å²) in [6.45, 7) is 4.43. The van der Waals surface area contributed by atoms with Crippen molar-refractivity contribution in [3.05, 3.63) is 16.1 Å². The first-order chi connectivity index (χ1) is 8.23. The maximum absolute atomic E-state index is 5.86. The Labute approximate surface area is 106 Å². The Morgan fingerprint density at radius 1 is 1.65 bits per heavy atom. The fourth-order valence-corrected chi connectivity index (χ4v) is 3.65. The third kappa shape index (κ3) is 1.91. The van der Waals surface area contributed by atoms with E-state index in [4.69, 9.17) is 15.5 Å². The Hall–Kier alpha value is -0.490. The van der Waals surface area contributed by atoms with Crippen LogP contribution in [0.3, 0.4) is 0 Å². The zero-order valence-corrected chi connectivity index (χ0v) is 11.0. The molecule has 5 heteroatoms. The first-order valence-corrected chi connectivity index (χ1v) is 7.04. The Morgan fingerprint density at radius 2 is 2.47 bits per heavy atom. The highest BCUT2D eigenvalue weighted by atomic mass is 32.1. The Balaban J connectivity index is 1.78. The van der Waals surface area contributed by atoms with Crippen LogP contribution in [0.5, 0.6) is 0 Å². The molecule has 0 saturated carbocycles. The minimum absolute atomic E-state index is 0.0132. The maximum Gasteiger partial charge on any atom is 0.0972 e. The molecule has 3 rings (SSSR count). The standard InChI is InChI=1S/C12H19N3OS/c1-15-3-2-9(4-15)11-14-10(5-17-11)12(6-13)7-16-8-12/h5,9H,2-4,6-8,13H2,1H3. The van der Waals surface area contributed by atoms with Crippen molar-refractivity contribution in [2.45, 2.75) is 17.8 Å². The summed E-state index contributed by atoms with van der Waals surface area (Å²) in [5.74, 6) is 0.620. The first kappa shape index (κ1) is 11.6. The van der Waals surface area contributed by atoms with Gasteiger partial charge in [0.05, 0.1) is 29.3 Å². The molecule has 94 valence electrons. The Kier molecular flexibility index (Phi) is 2.94. The van der Waals surface area contributed by atoms with Gasteiger partial charge in [-0.1, -0.05) is 0 Å². The van der Waals surface area contributed by atoms with Crippen molar-refractivity contribution in [1.29, 1.82) is 0 Å². The van der Waals surface area contributed by atoms with E-state index < -0.39 is 0 Å². The van der Waals surface area contributed by atoms with Gasteiger partial charge in [0.2, 0.25) is 0 Å². The fourth-order valence-electron chi connectivity index (χ4n) is 2.57. The molecule has 4 nitrogen and oxygen atoms in total. The molecule has 17 heavy (non-hydrogen) atoms. The van der Waals surface area contributed by atoms with Crippen LogP contribution in [-0.4, -0.2) is 49.8 Å². The molecule has 0 radical (unpaired) electrons. The molecule has 1 aromatic heterocycles. The number of nitrogens with two attached hydrogens (primary N) is 1. The van der Waals surface area contributed by atoms with E-state index in [1.54, 1.807) is 11.3 Å². The van der Waals surface area contributed by atoms with Gasteiger partial charge in [-0.05, 0) is 20.0 Å². The second-order valence-corrected chi connectivity index (χ2v) is 6.19. The first-order valence-electron chi connectivity index (χ1n) is 6.16. The summed E-state index contributed by atoms with van der Waals surface area (Å²) in [5, 5.41) is 3.47. The van der Waals surface area contributed by atoms with Gasteiger partial charge in [-0.3, -0.25) is 0 Å². The van der Waals surface area contributed by atoms with Crippen LogP contribution in [-0.2, 0) is 10.2 Å². The average Bonchev–Trinajstić information content (AvgIpc) is 2.86. The molecule has 3 heterocycles. The molecule has 1 unspecified atom stereocenters. The summed E-state index contributed by atoms with van der Waals surface area (Å²) in [4.78, 5) is 7.20. The second kappa shape index (κ2) is 4.31. The van der Waals surface area contributed by atoms with Gasteiger partial charge in [-0.25, -0.2) is 4.98 Å². The third-order valence-corrected chi connectivity index (χ3v) is 4.96. The molecule has 0 bridgehead atoms. The van der Waals surface area contributed by atoms with Crippen molar-refractivity contribution in [3.63, 3.8) is 0 Å². The highest BCUT2D eigenvalue weighted by molar-refractivity contribution is 7.09. The summed E-state index contributed by atoms with van der Waals surface area (Å²) < 4.78 is 5.31. The molecule has 2 aliphatic heterocycles. The predicted molar refractivity (Wildman–Crippen MR) is 68.5 cm³/mol. The van der Waals surface area contributed by atoms with Crippen LogP contribution in [0, 0.1) is 0 Å². The smallest absolute Gasteiger partial charge is 0.0972 e. The van der Waals surface area contributed by atoms with E-state index in [1.807, 2.05) is 0 Å². The number of likely N-dealkylation sites (tertiary alicyclic amines) is 1. The summed E-state index contributed by atoms with van der Waals surface area (Å²) in [5.41, 5.74) is 7.03. The van der Waals surface area contributed by atoms with Crippen LogP contribution in [0.15, 0.2) is 5.38 Å². The van der Waals surface area contributed by atoms with Crippen molar-refractivity contribution >= 4 is 11.3 Å². The summed E-state index contributed by atoms with van der Waals surface area (Å²) in [6, 6.07) is 0. The highest BCUT2D eigenvalue weighted by Crippen LogP contribution is 2.35. The van der Waals surface area contributed by atoms with E-state index in [0.29, 0.717) is 12.5 Å². The predicted octanol–water partition coefficient (Wildman–Crippen LogP) is 0.789. The largest absolute Gasteiger partial charge is 0.379 e. The van der Waals surface area contributed by atoms with Gasteiger partial charge in [0, 0.05) is 24.4 Å². The number of thiazole rings is 1. The van der Waals surface area contributed by atoms with Crippen LogP contribution in [0.1, 0.15) is 23.0 Å². The lowest BCUT2D eigenvalue weighted by molar-refractivity contribution is -0.0569. The number of likely N-dealkylation sites (N-methyl/N-ethyl adjacent to an activating group) is 1. The van der Waals surface area contributed by atoms with Gasteiger partial charge in [-0.15, -0.1) is 11.3 Å². The van der Waals surface area contributed by atoms with Gasteiger partial charge < -0.3 is 15.4 Å². The van der Waals surface area contributed by atoms with Crippen LogP contribution >= 0.6 is 11.3 Å². The number of hydrogen-bond donors (Lipinski definition) is 1. The van der Waals surface area contributed by atoms with Gasteiger partial charge >= 0.3 is 0 Å². The molecule has 2 N–H and O–H groups in total. The molecule has 0 aromatic carbocycles. The normalized spacial score (nSPS) is 28.2. The fraction of sp³-hybridized carbons (Fsp3) is 0.750. The number of rotatable bonds is 3. The molecular weight excluding hydrogens is 234 g/mol. The van der Waals surface area contributed by atoms with Crippen molar-refractivity contribution in [1.82, 2.24) is 9.88 Å². The second-order valence-electron chi connectivity index (χ2n) is 5.30. The van der Waals surface area contributed by atoms with Gasteiger partial charge in [0.15, 0.2) is 0 Å². The minimum Gasteiger partial charge on any atom is -0.379 e. The van der Waals surface area contributed by atoms with E-state index >= 15 is 0 Å². The van der Waals surface area contributed by atoms with Crippen LogP contribution in [0.25, 0.3) is 0 Å². The number of hydrogen-bond acceptors (Lipinski definition) is 5. The van der Waals surface area contributed by atoms with Crippen molar-refractivity contribution in [2.24, 2.45) is 5.73 Å². The minimum atomic E-state index is 0.0132. The zero-order chi connectivity index (χ0) is 11.9. The van der Waals surface area contributed by atoms with Crippen LogP contribution in [0.2, 0.25) is 0 Å². The monoisotopic (exact) mass is 253 g/mol. The summed E-state index contributed by atoms with van der Waals surface area (Å²) in [6.07, 6.45) is 1.23. The van der Waals surface area contributed by atoms with Crippen molar-refractivity contribution in [3.8, 4) is 0 Å². The van der Waals surface area contributed by atoms with Crippen LogP contribution < -0.4 is 5.73 Å². The average molecular weight is 253 g/mol. The summed E-state index contributed by atoms with van der Waals surface area (Å²) >= 11 is 1.79. The molecule has 0 spiro atoms. The number of nitrogens with zero attached hydrogens (tertiary/aromatic N) is 2. The van der Waals surface area contributed by atoms with E-state index in [0.717, 1.165) is 25.5 Å². The molecule has 2 saturated heterocycles. The van der Waals surface area contributed by atoms with E-state index in [2.05, 4.69) is 17.3 Å². The van der Waals surface area contributed by atoms with Crippen LogP contribution in [0.4, 0.5) is 0 Å². The lowest BCUT2D eigenvalue weighted by Crippen LogP contribution is -2.52. The van der Waals surface area contributed by atoms with E-state index in [-0.39, 0.29) is 5.41 Å². The van der Waals surface area contributed by atoms with Gasteiger partial charge in [-0.2, -0.15) is 0 Å². The topological polar surface area (TPSA) is 51.4 Å². The molecule has 1 atom stereocenters. The van der Waals surface area contributed by atoms with E-state index in [9.17, 15) is 0 Å². The van der Waals surface area contributed by atoms with Crippen molar-refractivity contribution in [2.75, 3.05) is 39.9 Å². The van der Waals surface area contributed by atoms with Gasteiger partial charge in [0.1, 0.15) is 0 Å². The quantitative estimate of drug-likeness (QED) is 0.865. The Morgan fingerprint density at radius 3 is 3.00 bits per heavy atom. The molecule has 0 amide bonds. The van der Waals surface area contributed by atoms with Gasteiger partial charge in [0.25, 0.3) is 0 Å². The molecule has 0 aliphatic carbocycles. The third-order valence-electron chi connectivity index (χ3n) is 3.95. The van der Waals surface area contributed by atoms with E-state index in [1.165, 1.54) is 18.0 Å². The Bertz CT molecular complexity index is 397. The lowest BCUT2D eigenvalue weighted by atomic mass is 9.83. The highest BCUT2D eigenvalue weighted by Gasteiger charge is 2.41. The molecule has 1 aromatic rings. The SMILES string of the molecule is CN1CCC(c2nc(C3(CN)COC3)cs2)C1.